The quantitative estimate of drug-likeness (QED) is 0.767. The molecular weight excluding hydrogens is 188 g/mol. The van der Waals surface area contributed by atoms with E-state index in [0.29, 0.717) is 30.6 Å². The molecule has 1 saturated carbocycles. The van der Waals surface area contributed by atoms with Crippen LogP contribution in [-0.2, 0) is 4.79 Å². The van der Waals surface area contributed by atoms with Gasteiger partial charge in [0.2, 0.25) is 5.91 Å². The van der Waals surface area contributed by atoms with Crippen LogP contribution in [0.4, 0.5) is 0 Å². The average molecular weight is 210 g/mol. The average Bonchev–Trinajstić information content (AvgIpc) is 2.41. The molecule has 0 bridgehead atoms. The van der Waals surface area contributed by atoms with Crippen LogP contribution in [0.3, 0.4) is 0 Å². The van der Waals surface area contributed by atoms with Crippen LogP contribution >= 0.6 is 0 Å². The van der Waals surface area contributed by atoms with Crippen molar-refractivity contribution >= 4 is 5.91 Å². The SMILES string of the molecule is CC(C)CC1NCC(=O)N1C1CC(C)C1. The molecule has 86 valence electrons. The Morgan fingerprint density at radius 2 is 2.13 bits per heavy atom. The van der Waals surface area contributed by atoms with Gasteiger partial charge in [0, 0.05) is 6.04 Å². The maximum atomic E-state index is 11.8. The second-order valence-corrected chi connectivity index (χ2v) is 5.56. The Balaban J connectivity index is 1.96. The van der Waals surface area contributed by atoms with Crippen molar-refractivity contribution < 1.29 is 4.79 Å². The first-order valence-electron chi connectivity index (χ1n) is 6.12. The lowest BCUT2D eigenvalue weighted by Crippen LogP contribution is -2.50. The zero-order valence-corrected chi connectivity index (χ0v) is 9.99. The van der Waals surface area contributed by atoms with Crippen LogP contribution in [0.25, 0.3) is 0 Å². The van der Waals surface area contributed by atoms with Gasteiger partial charge in [-0.05, 0) is 31.1 Å². The largest absolute Gasteiger partial charge is 0.323 e. The predicted molar refractivity (Wildman–Crippen MR) is 60.3 cm³/mol. The van der Waals surface area contributed by atoms with Crippen LogP contribution in [-0.4, -0.2) is 29.6 Å². The molecule has 0 aromatic carbocycles. The second kappa shape index (κ2) is 4.12. The first-order valence-corrected chi connectivity index (χ1v) is 6.12. The third kappa shape index (κ3) is 2.17. The van der Waals surface area contributed by atoms with Crippen LogP contribution in [0.1, 0.15) is 40.0 Å². The van der Waals surface area contributed by atoms with E-state index < -0.39 is 0 Å². The molecule has 0 aromatic rings. The molecule has 1 saturated heterocycles. The highest BCUT2D eigenvalue weighted by atomic mass is 16.2. The highest BCUT2D eigenvalue weighted by Crippen LogP contribution is 2.34. The highest BCUT2D eigenvalue weighted by molar-refractivity contribution is 5.81. The van der Waals surface area contributed by atoms with Gasteiger partial charge >= 0.3 is 0 Å². The number of carbonyl (C=O) groups excluding carboxylic acids is 1. The third-order valence-corrected chi connectivity index (χ3v) is 3.55. The Bertz CT molecular complexity index is 246. The maximum absolute atomic E-state index is 11.8. The number of hydrogen-bond donors (Lipinski definition) is 1. The van der Waals surface area contributed by atoms with Crippen molar-refractivity contribution in [3.63, 3.8) is 0 Å². The van der Waals surface area contributed by atoms with Gasteiger partial charge in [-0.25, -0.2) is 0 Å². The zero-order chi connectivity index (χ0) is 11.0. The minimum atomic E-state index is 0.301. The Morgan fingerprint density at radius 1 is 1.47 bits per heavy atom. The third-order valence-electron chi connectivity index (χ3n) is 3.55. The summed E-state index contributed by atoms with van der Waals surface area (Å²) in [5, 5.41) is 3.33. The fourth-order valence-corrected chi connectivity index (χ4v) is 2.76. The van der Waals surface area contributed by atoms with Gasteiger partial charge < -0.3 is 4.90 Å². The van der Waals surface area contributed by atoms with Crippen molar-refractivity contribution in [2.24, 2.45) is 11.8 Å². The van der Waals surface area contributed by atoms with Crippen LogP contribution in [0.2, 0.25) is 0 Å². The number of nitrogens with zero attached hydrogens (tertiary/aromatic N) is 1. The zero-order valence-electron chi connectivity index (χ0n) is 9.99. The minimum Gasteiger partial charge on any atom is -0.323 e. The number of hydrogen-bond acceptors (Lipinski definition) is 2. The lowest BCUT2D eigenvalue weighted by atomic mass is 9.80. The molecule has 0 aromatic heterocycles. The van der Waals surface area contributed by atoms with Crippen LogP contribution in [0, 0.1) is 11.8 Å². The Morgan fingerprint density at radius 3 is 2.67 bits per heavy atom. The molecule has 2 rings (SSSR count). The van der Waals surface area contributed by atoms with E-state index in [1.54, 1.807) is 0 Å². The van der Waals surface area contributed by atoms with Gasteiger partial charge in [-0.3, -0.25) is 10.1 Å². The molecule has 0 spiro atoms. The summed E-state index contributed by atoms with van der Waals surface area (Å²) in [6, 6.07) is 0.520. The molecule has 0 radical (unpaired) electrons. The number of amides is 1. The van der Waals surface area contributed by atoms with Crippen molar-refractivity contribution in [2.75, 3.05) is 6.54 Å². The van der Waals surface area contributed by atoms with Crippen molar-refractivity contribution in [3.8, 4) is 0 Å². The first-order chi connectivity index (χ1) is 7.08. The molecule has 1 aliphatic heterocycles. The number of nitrogens with one attached hydrogen (secondary N) is 1. The van der Waals surface area contributed by atoms with Gasteiger partial charge in [-0.15, -0.1) is 0 Å². The highest BCUT2D eigenvalue weighted by Gasteiger charge is 2.40. The van der Waals surface area contributed by atoms with E-state index in [9.17, 15) is 4.79 Å². The van der Waals surface area contributed by atoms with E-state index in [-0.39, 0.29) is 0 Å². The topological polar surface area (TPSA) is 32.3 Å². The first kappa shape index (κ1) is 10.9. The molecule has 1 aliphatic carbocycles. The van der Waals surface area contributed by atoms with Crippen molar-refractivity contribution in [1.82, 2.24) is 10.2 Å². The molecule has 1 atom stereocenters. The maximum Gasteiger partial charge on any atom is 0.238 e. The van der Waals surface area contributed by atoms with E-state index in [0.717, 1.165) is 12.3 Å². The molecule has 1 N–H and O–H groups in total. The van der Waals surface area contributed by atoms with Crippen molar-refractivity contribution in [1.29, 1.82) is 0 Å². The molecule has 1 heterocycles. The molecule has 3 nitrogen and oxygen atoms in total. The fraction of sp³-hybridized carbons (Fsp3) is 0.917. The Labute approximate surface area is 92.2 Å². The van der Waals surface area contributed by atoms with Crippen LogP contribution in [0.5, 0.6) is 0 Å². The molecular formula is C12H22N2O. The smallest absolute Gasteiger partial charge is 0.238 e. The van der Waals surface area contributed by atoms with Gasteiger partial charge in [0.15, 0.2) is 0 Å². The predicted octanol–water partition coefficient (Wildman–Crippen LogP) is 1.59. The lowest BCUT2D eigenvalue weighted by Gasteiger charge is -2.42. The summed E-state index contributed by atoms with van der Waals surface area (Å²) in [6.45, 7) is 7.24. The van der Waals surface area contributed by atoms with Gasteiger partial charge in [0.1, 0.15) is 0 Å². The van der Waals surface area contributed by atoms with Crippen molar-refractivity contribution in [2.45, 2.75) is 52.2 Å². The minimum absolute atomic E-state index is 0.301. The summed E-state index contributed by atoms with van der Waals surface area (Å²) < 4.78 is 0. The Kier molecular flexibility index (Phi) is 3.01. The molecule has 1 amide bonds. The second-order valence-electron chi connectivity index (χ2n) is 5.56. The van der Waals surface area contributed by atoms with Gasteiger partial charge in [-0.2, -0.15) is 0 Å². The summed E-state index contributed by atoms with van der Waals surface area (Å²) >= 11 is 0. The fourth-order valence-electron chi connectivity index (χ4n) is 2.76. The summed E-state index contributed by atoms with van der Waals surface area (Å²) in [4.78, 5) is 13.9. The standard InChI is InChI=1S/C12H22N2O/c1-8(2)4-11-13-7-12(15)14(11)10-5-9(3)6-10/h8-11,13H,4-7H2,1-3H3. The van der Waals surface area contributed by atoms with Crippen molar-refractivity contribution in [3.05, 3.63) is 0 Å². The van der Waals surface area contributed by atoms with Crippen LogP contribution in [0.15, 0.2) is 0 Å². The lowest BCUT2D eigenvalue weighted by molar-refractivity contribution is -0.133. The van der Waals surface area contributed by atoms with E-state index in [1.807, 2.05) is 0 Å². The van der Waals surface area contributed by atoms with E-state index >= 15 is 0 Å². The molecule has 3 heteroatoms. The van der Waals surface area contributed by atoms with E-state index in [4.69, 9.17) is 0 Å². The number of rotatable bonds is 3. The summed E-state index contributed by atoms with van der Waals surface area (Å²) in [5.74, 6) is 1.76. The normalized spacial score (nSPS) is 36.1. The summed E-state index contributed by atoms with van der Waals surface area (Å²) in [5.41, 5.74) is 0. The Hall–Kier alpha value is -0.570. The monoisotopic (exact) mass is 210 g/mol. The molecule has 1 unspecified atom stereocenters. The molecule has 15 heavy (non-hydrogen) atoms. The van der Waals surface area contributed by atoms with E-state index in [2.05, 4.69) is 31.0 Å². The van der Waals surface area contributed by atoms with Gasteiger partial charge in [0.05, 0.1) is 12.7 Å². The molecule has 2 fully saturated rings. The van der Waals surface area contributed by atoms with Gasteiger partial charge in [0.25, 0.3) is 0 Å². The summed E-state index contributed by atoms with van der Waals surface area (Å²) in [6.07, 6.45) is 3.77. The van der Waals surface area contributed by atoms with Gasteiger partial charge in [-0.1, -0.05) is 20.8 Å². The van der Waals surface area contributed by atoms with Crippen LogP contribution < -0.4 is 5.32 Å². The number of carbonyl (C=O) groups is 1. The summed E-state index contributed by atoms with van der Waals surface area (Å²) in [7, 11) is 0. The molecule has 2 aliphatic rings. The van der Waals surface area contributed by atoms with E-state index in [1.165, 1.54) is 12.8 Å².